The summed E-state index contributed by atoms with van der Waals surface area (Å²) >= 11 is 0. The van der Waals surface area contributed by atoms with E-state index in [1.807, 2.05) is 46.2 Å². The number of likely N-dealkylation sites (tertiary alicyclic amines) is 2. The zero-order chi connectivity index (χ0) is 49.8. The van der Waals surface area contributed by atoms with Crippen LogP contribution in [0.1, 0.15) is 111 Å². The standard InChI is InChI=1S/2C26H35N3O2.C4H6O4/c2*1-21(2)31-25-12-5-4-11-24(25)28-17-15-27(16-18-28)20-22-9-8-10-23(19-22)26(30)29-13-6-3-7-14-29;5-3(6)1-2-4(7)8/h2*4-5,8-12,19,21H,3,6-7,13-18,20H2,1-2H3;1-2H2,(H,5,6)(H,7,8). The number of nitrogens with zero attached hydrogens (tertiary/aromatic N) is 6. The number of aliphatic carboxylic acids is 2. The number of anilines is 2. The summed E-state index contributed by atoms with van der Waals surface area (Å²) in [7, 11) is 0. The van der Waals surface area contributed by atoms with Gasteiger partial charge in [-0.2, -0.15) is 0 Å². The van der Waals surface area contributed by atoms with Crippen LogP contribution in [0.3, 0.4) is 0 Å². The monoisotopic (exact) mass is 961 g/mol. The number of piperidine rings is 2. The minimum absolute atomic E-state index is 0.169. The fourth-order valence-electron chi connectivity index (χ4n) is 9.33. The number of ether oxygens (including phenoxy) is 2. The number of rotatable bonds is 15. The maximum atomic E-state index is 12.8. The minimum Gasteiger partial charge on any atom is -0.489 e. The maximum absolute atomic E-state index is 12.8. The third kappa shape index (κ3) is 16.8. The first-order valence-electron chi connectivity index (χ1n) is 25.5. The first-order valence-corrected chi connectivity index (χ1v) is 25.5. The molecule has 4 saturated heterocycles. The van der Waals surface area contributed by atoms with Gasteiger partial charge in [0, 0.05) is 103 Å². The molecule has 4 aliphatic heterocycles. The predicted molar refractivity (Wildman–Crippen MR) is 276 cm³/mol. The van der Waals surface area contributed by atoms with Crippen molar-refractivity contribution in [2.45, 2.75) is 104 Å². The second kappa shape index (κ2) is 27.3. The molecule has 70 heavy (non-hydrogen) atoms. The van der Waals surface area contributed by atoms with Gasteiger partial charge in [0.05, 0.1) is 36.4 Å². The largest absolute Gasteiger partial charge is 0.489 e. The first-order chi connectivity index (χ1) is 33.8. The smallest absolute Gasteiger partial charge is 0.303 e. The molecular weight excluding hydrogens is 885 g/mol. The van der Waals surface area contributed by atoms with E-state index in [1.165, 1.54) is 35.3 Å². The van der Waals surface area contributed by atoms with Gasteiger partial charge in [0.25, 0.3) is 11.8 Å². The number of para-hydroxylation sites is 4. The zero-order valence-corrected chi connectivity index (χ0v) is 42.0. The second-order valence-corrected chi connectivity index (χ2v) is 19.2. The van der Waals surface area contributed by atoms with Crippen LogP contribution in [0, 0.1) is 0 Å². The van der Waals surface area contributed by atoms with Crippen LogP contribution in [-0.2, 0) is 22.7 Å². The number of amides is 2. The summed E-state index contributed by atoms with van der Waals surface area (Å²) in [4.78, 5) is 58.8. The van der Waals surface area contributed by atoms with Crippen LogP contribution in [0.2, 0.25) is 0 Å². The SMILES string of the molecule is CC(C)Oc1ccccc1N1CCN(Cc2cccc(C(=O)N3CCCCC3)c2)CC1.CC(C)Oc1ccccc1N1CCN(Cc2cccc(C(=O)N3CCCCC3)c2)CC1.O=C(O)CCC(=O)O. The molecule has 0 spiro atoms. The number of hydrogen-bond acceptors (Lipinski definition) is 10. The molecule has 0 aromatic heterocycles. The molecule has 0 bridgehead atoms. The molecule has 4 aromatic carbocycles. The number of carboxylic acid groups (broad SMARTS) is 2. The number of carboxylic acids is 2. The molecule has 14 nitrogen and oxygen atoms in total. The van der Waals surface area contributed by atoms with Crippen molar-refractivity contribution in [1.82, 2.24) is 19.6 Å². The van der Waals surface area contributed by atoms with E-state index in [2.05, 4.69) is 108 Å². The first kappa shape index (κ1) is 53.2. The summed E-state index contributed by atoms with van der Waals surface area (Å²) < 4.78 is 12.0. The van der Waals surface area contributed by atoms with E-state index >= 15 is 0 Å². The molecule has 0 radical (unpaired) electrons. The Morgan fingerprint density at radius 3 is 1.16 bits per heavy atom. The molecule has 4 aromatic rings. The highest BCUT2D eigenvalue weighted by Crippen LogP contribution is 2.31. The van der Waals surface area contributed by atoms with Crippen molar-refractivity contribution in [1.29, 1.82) is 0 Å². The van der Waals surface area contributed by atoms with Crippen molar-refractivity contribution in [2.24, 2.45) is 0 Å². The van der Waals surface area contributed by atoms with Gasteiger partial charge < -0.3 is 39.3 Å². The highest BCUT2D eigenvalue weighted by atomic mass is 16.5. The van der Waals surface area contributed by atoms with E-state index in [4.69, 9.17) is 19.7 Å². The fraction of sp³-hybridized carbons (Fsp3) is 0.500. The third-order valence-electron chi connectivity index (χ3n) is 12.9. The summed E-state index contributed by atoms with van der Waals surface area (Å²) in [6.45, 7) is 21.5. The van der Waals surface area contributed by atoms with Gasteiger partial charge in [0.1, 0.15) is 11.5 Å². The minimum atomic E-state index is -1.08. The van der Waals surface area contributed by atoms with E-state index in [0.29, 0.717) is 0 Å². The Balaban J connectivity index is 0.000000199. The van der Waals surface area contributed by atoms with Crippen molar-refractivity contribution in [3.63, 3.8) is 0 Å². The van der Waals surface area contributed by atoms with Crippen LogP contribution >= 0.6 is 0 Å². The lowest BCUT2D eigenvalue weighted by Crippen LogP contribution is -2.46. The van der Waals surface area contributed by atoms with Crippen molar-refractivity contribution in [3.8, 4) is 11.5 Å². The van der Waals surface area contributed by atoms with Crippen molar-refractivity contribution < 1.29 is 38.9 Å². The van der Waals surface area contributed by atoms with Crippen LogP contribution in [0.15, 0.2) is 97.1 Å². The molecule has 2 amide bonds. The van der Waals surface area contributed by atoms with Gasteiger partial charge >= 0.3 is 11.9 Å². The Morgan fingerprint density at radius 1 is 0.457 bits per heavy atom. The quantitative estimate of drug-likeness (QED) is 0.117. The Morgan fingerprint density at radius 2 is 0.814 bits per heavy atom. The van der Waals surface area contributed by atoms with Gasteiger partial charge in [0.15, 0.2) is 0 Å². The average Bonchev–Trinajstić information content (AvgIpc) is 3.37. The lowest BCUT2D eigenvalue weighted by atomic mass is 10.1. The molecule has 4 heterocycles. The fourth-order valence-corrected chi connectivity index (χ4v) is 9.33. The summed E-state index contributed by atoms with van der Waals surface area (Å²) in [5, 5.41) is 15.8. The molecule has 4 aliphatic rings. The molecule has 378 valence electrons. The van der Waals surface area contributed by atoms with Crippen molar-refractivity contribution in [2.75, 3.05) is 88.3 Å². The van der Waals surface area contributed by atoms with E-state index in [0.717, 1.165) is 140 Å². The van der Waals surface area contributed by atoms with Gasteiger partial charge in [-0.3, -0.25) is 29.0 Å². The van der Waals surface area contributed by atoms with Crippen LogP contribution in [0.25, 0.3) is 0 Å². The molecule has 0 aliphatic carbocycles. The second-order valence-electron chi connectivity index (χ2n) is 19.2. The molecule has 8 rings (SSSR count). The highest BCUT2D eigenvalue weighted by Gasteiger charge is 2.24. The number of hydrogen-bond donors (Lipinski definition) is 2. The van der Waals surface area contributed by atoms with Crippen LogP contribution in [0.5, 0.6) is 11.5 Å². The molecule has 0 saturated carbocycles. The van der Waals surface area contributed by atoms with Crippen molar-refractivity contribution >= 4 is 35.1 Å². The zero-order valence-electron chi connectivity index (χ0n) is 42.0. The lowest BCUT2D eigenvalue weighted by Gasteiger charge is -2.37. The van der Waals surface area contributed by atoms with Gasteiger partial charge in [-0.15, -0.1) is 0 Å². The highest BCUT2D eigenvalue weighted by molar-refractivity contribution is 5.95. The maximum Gasteiger partial charge on any atom is 0.303 e. The number of benzene rings is 4. The molecular formula is C56H76N6O8. The number of carbonyl (C=O) groups excluding carboxylic acids is 2. The normalized spacial score (nSPS) is 16.7. The van der Waals surface area contributed by atoms with E-state index < -0.39 is 11.9 Å². The summed E-state index contributed by atoms with van der Waals surface area (Å²) in [5.74, 6) is 0.158. The van der Waals surface area contributed by atoms with Crippen molar-refractivity contribution in [3.05, 3.63) is 119 Å². The average molecular weight is 961 g/mol. The Bertz CT molecular complexity index is 2120. The number of carbonyl (C=O) groups is 4. The van der Waals surface area contributed by atoms with Crippen LogP contribution < -0.4 is 19.3 Å². The third-order valence-corrected chi connectivity index (χ3v) is 12.9. The topological polar surface area (TPSA) is 147 Å². The lowest BCUT2D eigenvalue weighted by molar-refractivity contribution is -0.143. The van der Waals surface area contributed by atoms with Gasteiger partial charge in [0.2, 0.25) is 0 Å². The van der Waals surface area contributed by atoms with Crippen LogP contribution in [-0.4, -0.2) is 144 Å². The van der Waals surface area contributed by atoms with E-state index in [1.54, 1.807) is 0 Å². The summed E-state index contributed by atoms with van der Waals surface area (Å²) in [5.41, 5.74) is 6.48. The van der Waals surface area contributed by atoms with Gasteiger partial charge in [-0.1, -0.05) is 48.5 Å². The Labute approximate surface area is 415 Å². The molecule has 4 fully saturated rings. The van der Waals surface area contributed by atoms with Gasteiger partial charge in [-0.05, 0) is 126 Å². The Kier molecular flexibility index (Phi) is 20.8. The van der Waals surface area contributed by atoms with E-state index in [-0.39, 0.29) is 36.9 Å². The molecule has 2 N–H and O–H groups in total. The number of piperazine rings is 2. The molecule has 0 atom stereocenters. The Hall–Kier alpha value is -6.12. The predicted octanol–water partition coefficient (Wildman–Crippen LogP) is 8.78. The van der Waals surface area contributed by atoms with E-state index in [9.17, 15) is 19.2 Å². The van der Waals surface area contributed by atoms with Gasteiger partial charge in [-0.25, -0.2) is 0 Å². The van der Waals surface area contributed by atoms with Crippen LogP contribution in [0.4, 0.5) is 11.4 Å². The molecule has 14 heteroatoms. The molecule has 0 unspecified atom stereocenters. The summed E-state index contributed by atoms with van der Waals surface area (Å²) in [6.07, 6.45) is 6.73. The summed E-state index contributed by atoms with van der Waals surface area (Å²) in [6, 6.07) is 33.1.